The Morgan fingerprint density at radius 2 is 2.32 bits per heavy atom. The van der Waals surface area contributed by atoms with Gasteiger partial charge in [0.1, 0.15) is 5.69 Å². The van der Waals surface area contributed by atoms with Gasteiger partial charge in [-0.05, 0) is 38.4 Å². The second kappa shape index (κ2) is 6.02. The lowest BCUT2D eigenvalue weighted by molar-refractivity contribution is -0.384. The van der Waals surface area contributed by atoms with Crippen LogP contribution in [0.2, 0.25) is 0 Å². The number of hydrogen-bond acceptors (Lipinski definition) is 4. The summed E-state index contributed by atoms with van der Waals surface area (Å²) in [6, 6.07) is 5.42. The van der Waals surface area contributed by atoms with E-state index < -0.39 is 0 Å². The Labute approximate surface area is 113 Å². The summed E-state index contributed by atoms with van der Waals surface area (Å²) in [5, 5.41) is 14.3. The normalized spacial score (nSPS) is 19.6. The summed E-state index contributed by atoms with van der Waals surface area (Å²) in [4.78, 5) is 13.2. The molecule has 0 bridgehead atoms. The monoisotopic (exact) mass is 263 g/mol. The molecule has 1 aliphatic rings. The first-order chi connectivity index (χ1) is 9.11. The van der Waals surface area contributed by atoms with Crippen LogP contribution >= 0.6 is 0 Å². The van der Waals surface area contributed by atoms with Gasteiger partial charge in [-0.15, -0.1) is 0 Å². The van der Waals surface area contributed by atoms with E-state index in [9.17, 15) is 10.1 Å². The Hall–Kier alpha value is -1.62. The Bertz CT molecular complexity index is 462. The van der Waals surface area contributed by atoms with Gasteiger partial charge in [0, 0.05) is 18.7 Å². The number of rotatable bonds is 5. The van der Waals surface area contributed by atoms with E-state index in [1.807, 2.05) is 6.07 Å². The second-order valence-electron chi connectivity index (χ2n) is 5.16. The van der Waals surface area contributed by atoms with E-state index in [-0.39, 0.29) is 10.6 Å². The molecular weight excluding hydrogens is 242 g/mol. The largest absolute Gasteiger partial charge is 0.379 e. The molecule has 1 unspecified atom stereocenters. The summed E-state index contributed by atoms with van der Waals surface area (Å²) in [7, 11) is 0. The van der Waals surface area contributed by atoms with Crippen LogP contribution in [0.25, 0.3) is 0 Å². The van der Waals surface area contributed by atoms with Gasteiger partial charge in [0.15, 0.2) is 0 Å². The standard InChI is InChI=1S/C14H21N3O2/c1-3-16-8-7-12(10-16)9-15-13-6-4-5-11(2)14(13)17(18)19/h4-6,12,15H,3,7-10H2,1-2H3. The van der Waals surface area contributed by atoms with Crippen molar-refractivity contribution in [2.45, 2.75) is 20.3 Å². The average Bonchev–Trinajstić information content (AvgIpc) is 2.83. The van der Waals surface area contributed by atoms with Crippen molar-refractivity contribution in [2.24, 2.45) is 5.92 Å². The molecule has 0 radical (unpaired) electrons. The molecule has 19 heavy (non-hydrogen) atoms. The van der Waals surface area contributed by atoms with E-state index in [0.29, 0.717) is 17.2 Å². The third-order valence-electron chi connectivity index (χ3n) is 3.82. The molecule has 1 fully saturated rings. The van der Waals surface area contributed by atoms with Crippen LogP contribution in [0.1, 0.15) is 18.9 Å². The SMILES string of the molecule is CCN1CCC(CNc2cccc(C)c2[N+](=O)[O-])C1. The molecule has 1 aromatic rings. The molecule has 1 heterocycles. The fraction of sp³-hybridized carbons (Fsp3) is 0.571. The highest BCUT2D eigenvalue weighted by Crippen LogP contribution is 2.28. The molecule has 1 N–H and O–H groups in total. The fourth-order valence-corrected chi connectivity index (χ4v) is 2.66. The van der Waals surface area contributed by atoms with E-state index >= 15 is 0 Å². The molecule has 5 heteroatoms. The smallest absolute Gasteiger partial charge is 0.295 e. The Morgan fingerprint density at radius 1 is 1.53 bits per heavy atom. The fourth-order valence-electron chi connectivity index (χ4n) is 2.66. The molecule has 0 saturated carbocycles. The summed E-state index contributed by atoms with van der Waals surface area (Å²) in [6.07, 6.45) is 1.17. The van der Waals surface area contributed by atoms with Gasteiger partial charge in [-0.1, -0.05) is 19.1 Å². The molecule has 0 aromatic heterocycles. The molecule has 0 spiro atoms. The lowest BCUT2D eigenvalue weighted by Gasteiger charge is -2.14. The zero-order chi connectivity index (χ0) is 13.8. The first-order valence-electron chi connectivity index (χ1n) is 6.82. The topological polar surface area (TPSA) is 58.4 Å². The van der Waals surface area contributed by atoms with Crippen molar-refractivity contribution in [3.63, 3.8) is 0 Å². The van der Waals surface area contributed by atoms with Gasteiger partial charge in [-0.3, -0.25) is 10.1 Å². The lowest BCUT2D eigenvalue weighted by atomic mass is 10.1. The van der Waals surface area contributed by atoms with Crippen molar-refractivity contribution >= 4 is 11.4 Å². The van der Waals surface area contributed by atoms with Crippen LogP contribution < -0.4 is 5.32 Å². The predicted molar refractivity (Wildman–Crippen MR) is 76.5 cm³/mol. The van der Waals surface area contributed by atoms with E-state index in [4.69, 9.17) is 0 Å². The summed E-state index contributed by atoms with van der Waals surface area (Å²) >= 11 is 0. The van der Waals surface area contributed by atoms with Gasteiger partial charge in [-0.25, -0.2) is 0 Å². The zero-order valence-electron chi connectivity index (χ0n) is 11.6. The third kappa shape index (κ3) is 3.23. The van der Waals surface area contributed by atoms with Crippen LogP contribution in [0.3, 0.4) is 0 Å². The number of aryl methyl sites for hydroxylation is 1. The highest BCUT2D eigenvalue weighted by atomic mass is 16.6. The number of likely N-dealkylation sites (tertiary alicyclic amines) is 1. The molecule has 1 saturated heterocycles. The van der Waals surface area contributed by atoms with E-state index in [1.54, 1.807) is 19.1 Å². The van der Waals surface area contributed by atoms with Crippen LogP contribution in [-0.4, -0.2) is 36.0 Å². The molecular formula is C14H21N3O2. The summed E-state index contributed by atoms with van der Waals surface area (Å²) in [5.74, 6) is 0.583. The van der Waals surface area contributed by atoms with Crippen LogP contribution in [0.5, 0.6) is 0 Å². The Morgan fingerprint density at radius 3 is 2.95 bits per heavy atom. The summed E-state index contributed by atoms with van der Waals surface area (Å²) in [5.41, 5.74) is 1.55. The summed E-state index contributed by atoms with van der Waals surface area (Å²) < 4.78 is 0. The minimum absolute atomic E-state index is 0.202. The minimum atomic E-state index is -0.301. The first kappa shape index (κ1) is 13.8. The third-order valence-corrected chi connectivity index (χ3v) is 3.82. The van der Waals surface area contributed by atoms with E-state index in [1.165, 1.54) is 6.42 Å². The van der Waals surface area contributed by atoms with Crippen molar-refractivity contribution in [1.29, 1.82) is 0 Å². The van der Waals surface area contributed by atoms with Crippen molar-refractivity contribution < 1.29 is 4.92 Å². The molecule has 0 aliphatic carbocycles. The highest BCUT2D eigenvalue weighted by molar-refractivity contribution is 5.64. The predicted octanol–water partition coefficient (Wildman–Crippen LogP) is 2.66. The second-order valence-corrected chi connectivity index (χ2v) is 5.16. The van der Waals surface area contributed by atoms with Crippen LogP contribution in [0.4, 0.5) is 11.4 Å². The average molecular weight is 263 g/mol. The summed E-state index contributed by atoms with van der Waals surface area (Å²) in [6.45, 7) is 8.06. The van der Waals surface area contributed by atoms with Gasteiger partial charge in [-0.2, -0.15) is 0 Å². The number of benzene rings is 1. The highest BCUT2D eigenvalue weighted by Gasteiger charge is 2.22. The van der Waals surface area contributed by atoms with E-state index in [0.717, 1.165) is 26.2 Å². The maximum atomic E-state index is 11.1. The molecule has 1 aromatic carbocycles. The van der Waals surface area contributed by atoms with Crippen LogP contribution in [0.15, 0.2) is 18.2 Å². The number of nitrogens with zero attached hydrogens (tertiary/aromatic N) is 2. The molecule has 0 amide bonds. The maximum Gasteiger partial charge on any atom is 0.295 e. The molecule has 1 aliphatic heterocycles. The molecule has 2 rings (SSSR count). The number of hydrogen-bond donors (Lipinski definition) is 1. The van der Waals surface area contributed by atoms with Crippen molar-refractivity contribution in [3.8, 4) is 0 Å². The first-order valence-corrected chi connectivity index (χ1v) is 6.82. The number of nitro benzene ring substituents is 1. The van der Waals surface area contributed by atoms with Gasteiger partial charge < -0.3 is 10.2 Å². The number of para-hydroxylation sites is 1. The molecule has 5 nitrogen and oxygen atoms in total. The number of nitro groups is 1. The molecule has 1 atom stereocenters. The van der Waals surface area contributed by atoms with Gasteiger partial charge in [0.05, 0.1) is 4.92 Å². The Balaban J connectivity index is 2.00. The van der Waals surface area contributed by atoms with Crippen LogP contribution in [0, 0.1) is 23.0 Å². The van der Waals surface area contributed by atoms with Gasteiger partial charge in [0.25, 0.3) is 5.69 Å². The maximum absolute atomic E-state index is 11.1. The number of nitrogens with one attached hydrogen (secondary N) is 1. The molecule has 104 valence electrons. The number of anilines is 1. The van der Waals surface area contributed by atoms with Crippen molar-refractivity contribution in [3.05, 3.63) is 33.9 Å². The van der Waals surface area contributed by atoms with E-state index in [2.05, 4.69) is 17.1 Å². The van der Waals surface area contributed by atoms with Gasteiger partial charge >= 0.3 is 0 Å². The quantitative estimate of drug-likeness (QED) is 0.655. The lowest BCUT2D eigenvalue weighted by Crippen LogP contribution is -2.22. The van der Waals surface area contributed by atoms with Crippen molar-refractivity contribution in [2.75, 3.05) is 31.5 Å². The van der Waals surface area contributed by atoms with Crippen molar-refractivity contribution in [1.82, 2.24) is 4.90 Å². The zero-order valence-corrected chi connectivity index (χ0v) is 11.6. The Kier molecular flexibility index (Phi) is 4.37. The van der Waals surface area contributed by atoms with Crippen LogP contribution in [-0.2, 0) is 0 Å². The minimum Gasteiger partial charge on any atom is -0.379 e. The van der Waals surface area contributed by atoms with Gasteiger partial charge in [0.2, 0.25) is 0 Å².